The first-order valence-corrected chi connectivity index (χ1v) is 5.61. The molecule has 0 saturated heterocycles. The van der Waals surface area contributed by atoms with Crippen LogP contribution in [-0.2, 0) is 6.42 Å². The molecule has 82 valence electrons. The Labute approximate surface area is 92.8 Å². The van der Waals surface area contributed by atoms with Crippen molar-refractivity contribution in [2.45, 2.75) is 33.6 Å². The van der Waals surface area contributed by atoms with Crippen molar-refractivity contribution in [1.29, 1.82) is 0 Å². The van der Waals surface area contributed by atoms with Crippen molar-refractivity contribution in [2.75, 3.05) is 6.61 Å². The van der Waals surface area contributed by atoms with Crippen molar-refractivity contribution >= 4 is 0 Å². The molecule has 0 radical (unpaired) electrons. The Morgan fingerprint density at radius 3 is 2.73 bits per heavy atom. The van der Waals surface area contributed by atoms with Crippen LogP contribution in [0, 0.1) is 6.92 Å². The van der Waals surface area contributed by atoms with Crippen LogP contribution < -0.4 is 4.74 Å². The molecule has 1 aromatic carbocycles. The van der Waals surface area contributed by atoms with Crippen LogP contribution in [0.15, 0.2) is 30.4 Å². The van der Waals surface area contributed by atoms with Crippen LogP contribution in [0.5, 0.6) is 5.75 Å². The van der Waals surface area contributed by atoms with Crippen LogP contribution in [0.4, 0.5) is 0 Å². The van der Waals surface area contributed by atoms with Gasteiger partial charge in [0.2, 0.25) is 0 Å². The third-order valence-electron chi connectivity index (χ3n) is 2.44. The number of allylic oxidation sites excluding steroid dienone is 2. The van der Waals surface area contributed by atoms with Crippen LogP contribution in [0.1, 0.15) is 31.4 Å². The molecule has 0 N–H and O–H groups in total. The molecule has 1 rings (SSSR count). The zero-order chi connectivity index (χ0) is 11.1. The Balaban J connectivity index is 2.65. The minimum Gasteiger partial charge on any atom is -0.494 e. The summed E-state index contributed by atoms with van der Waals surface area (Å²) in [6.45, 7) is 6.95. The SMILES string of the molecule is C/C=C\CCc1ccc(OCC)cc1C. The summed E-state index contributed by atoms with van der Waals surface area (Å²) in [5.41, 5.74) is 2.74. The average Bonchev–Trinajstić information content (AvgIpc) is 2.22. The lowest BCUT2D eigenvalue weighted by Crippen LogP contribution is -1.94. The second-order valence-electron chi connectivity index (χ2n) is 3.63. The lowest BCUT2D eigenvalue weighted by atomic mass is 10.0. The smallest absolute Gasteiger partial charge is 0.119 e. The predicted octanol–water partition coefficient (Wildman–Crippen LogP) is 3.90. The summed E-state index contributed by atoms with van der Waals surface area (Å²) in [5, 5.41) is 0. The Hall–Kier alpha value is -1.24. The maximum Gasteiger partial charge on any atom is 0.119 e. The van der Waals surface area contributed by atoms with Crippen molar-refractivity contribution in [2.24, 2.45) is 0 Å². The highest BCUT2D eigenvalue weighted by Crippen LogP contribution is 2.18. The molecule has 1 nitrogen and oxygen atoms in total. The van der Waals surface area contributed by atoms with Crippen LogP contribution in [0.3, 0.4) is 0 Å². The fourth-order valence-electron chi connectivity index (χ4n) is 1.61. The molecular weight excluding hydrogens is 184 g/mol. The van der Waals surface area contributed by atoms with E-state index in [4.69, 9.17) is 4.74 Å². The molecule has 0 aliphatic heterocycles. The first kappa shape index (κ1) is 11.8. The maximum atomic E-state index is 5.45. The molecule has 0 atom stereocenters. The van der Waals surface area contributed by atoms with Gasteiger partial charge in [0.15, 0.2) is 0 Å². The molecule has 0 fully saturated rings. The maximum absolute atomic E-state index is 5.45. The second-order valence-corrected chi connectivity index (χ2v) is 3.63. The van der Waals surface area contributed by atoms with Crippen LogP contribution in [0.25, 0.3) is 0 Å². The van der Waals surface area contributed by atoms with E-state index in [1.165, 1.54) is 11.1 Å². The van der Waals surface area contributed by atoms with E-state index in [9.17, 15) is 0 Å². The molecule has 1 heteroatoms. The van der Waals surface area contributed by atoms with Gasteiger partial charge < -0.3 is 4.74 Å². The fourth-order valence-corrected chi connectivity index (χ4v) is 1.61. The first-order valence-electron chi connectivity index (χ1n) is 5.61. The number of benzene rings is 1. The van der Waals surface area contributed by atoms with Crippen LogP contribution in [-0.4, -0.2) is 6.61 Å². The number of ether oxygens (including phenoxy) is 1. The third kappa shape index (κ3) is 3.78. The third-order valence-corrected chi connectivity index (χ3v) is 2.44. The monoisotopic (exact) mass is 204 g/mol. The summed E-state index contributed by atoms with van der Waals surface area (Å²) in [6, 6.07) is 6.35. The number of rotatable bonds is 5. The lowest BCUT2D eigenvalue weighted by Gasteiger charge is -2.08. The fraction of sp³-hybridized carbons (Fsp3) is 0.429. The van der Waals surface area contributed by atoms with Gasteiger partial charge in [-0.05, 0) is 56.9 Å². The predicted molar refractivity (Wildman–Crippen MR) is 65.5 cm³/mol. The minimum absolute atomic E-state index is 0.733. The van der Waals surface area contributed by atoms with Crippen molar-refractivity contribution < 1.29 is 4.74 Å². The van der Waals surface area contributed by atoms with Gasteiger partial charge in [0.1, 0.15) is 5.75 Å². The summed E-state index contributed by atoms with van der Waals surface area (Å²) in [7, 11) is 0. The van der Waals surface area contributed by atoms with E-state index in [-0.39, 0.29) is 0 Å². The molecule has 0 spiro atoms. The highest BCUT2D eigenvalue weighted by atomic mass is 16.5. The molecule has 0 bridgehead atoms. The average molecular weight is 204 g/mol. The van der Waals surface area contributed by atoms with Crippen molar-refractivity contribution in [1.82, 2.24) is 0 Å². The zero-order valence-corrected chi connectivity index (χ0v) is 9.92. The van der Waals surface area contributed by atoms with E-state index in [1.54, 1.807) is 0 Å². The van der Waals surface area contributed by atoms with Gasteiger partial charge in [-0.1, -0.05) is 18.2 Å². The number of aryl methyl sites for hydroxylation is 2. The Kier molecular flexibility index (Phi) is 4.96. The van der Waals surface area contributed by atoms with E-state index >= 15 is 0 Å². The highest BCUT2D eigenvalue weighted by molar-refractivity contribution is 5.35. The standard InChI is InChI=1S/C14H20O/c1-4-6-7-8-13-9-10-14(15-5-2)11-12(13)3/h4,6,9-11H,5,7-8H2,1-3H3/b6-4-. The molecule has 0 aromatic heterocycles. The molecule has 1 aromatic rings. The van der Waals surface area contributed by atoms with Crippen LogP contribution in [0.2, 0.25) is 0 Å². The lowest BCUT2D eigenvalue weighted by molar-refractivity contribution is 0.340. The summed E-state index contributed by atoms with van der Waals surface area (Å²) in [4.78, 5) is 0. The Morgan fingerprint density at radius 1 is 1.33 bits per heavy atom. The molecule has 15 heavy (non-hydrogen) atoms. The van der Waals surface area contributed by atoms with E-state index in [0.29, 0.717) is 0 Å². The summed E-state index contributed by atoms with van der Waals surface area (Å²) < 4.78 is 5.45. The summed E-state index contributed by atoms with van der Waals surface area (Å²) in [5.74, 6) is 0.977. The van der Waals surface area contributed by atoms with Crippen molar-refractivity contribution in [3.63, 3.8) is 0 Å². The van der Waals surface area contributed by atoms with E-state index in [1.807, 2.05) is 6.92 Å². The summed E-state index contributed by atoms with van der Waals surface area (Å²) in [6.07, 6.45) is 6.54. The minimum atomic E-state index is 0.733. The molecule has 0 aliphatic rings. The zero-order valence-electron chi connectivity index (χ0n) is 9.92. The van der Waals surface area contributed by atoms with Gasteiger partial charge in [-0.3, -0.25) is 0 Å². The molecule has 0 amide bonds. The molecule has 0 saturated carbocycles. The number of hydrogen-bond acceptors (Lipinski definition) is 1. The largest absolute Gasteiger partial charge is 0.494 e. The van der Waals surface area contributed by atoms with Crippen molar-refractivity contribution in [3.05, 3.63) is 41.5 Å². The summed E-state index contributed by atoms with van der Waals surface area (Å²) >= 11 is 0. The van der Waals surface area contributed by atoms with E-state index in [0.717, 1.165) is 25.2 Å². The number of hydrogen-bond donors (Lipinski definition) is 0. The Morgan fingerprint density at radius 2 is 2.13 bits per heavy atom. The topological polar surface area (TPSA) is 9.23 Å². The molecular formula is C14H20O. The first-order chi connectivity index (χ1) is 7.27. The van der Waals surface area contributed by atoms with Gasteiger partial charge in [-0.2, -0.15) is 0 Å². The second kappa shape index (κ2) is 6.28. The van der Waals surface area contributed by atoms with E-state index in [2.05, 4.69) is 44.2 Å². The molecule has 0 aliphatic carbocycles. The van der Waals surface area contributed by atoms with Gasteiger partial charge in [0.25, 0.3) is 0 Å². The van der Waals surface area contributed by atoms with Gasteiger partial charge in [0, 0.05) is 0 Å². The highest BCUT2D eigenvalue weighted by Gasteiger charge is 1.99. The normalized spacial score (nSPS) is 10.9. The van der Waals surface area contributed by atoms with Gasteiger partial charge >= 0.3 is 0 Å². The van der Waals surface area contributed by atoms with Gasteiger partial charge in [0.05, 0.1) is 6.61 Å². The van der Waals surface area contributed by atoms with Crippen molar-refractivity contribution in [3.8, 4) is 5.75 Å². The van der Waals surface area contributed by atoms with E-state index < -0.39 is 0 Å². The van der Waals surface area contributed by atoms with Crippen LogP contribution >= 0.6 is 0 Å². The molecule has 0 heterocycles. The Bertz CT molecular complexity index is 326. The quantitative estimate of drug-likeness (QED) is 0.661. The van der Waals surface area contributed by atoms with Gasteiger partial charge in [-0.15, -0.1) is 0 Å². The molecule has 0 unspecified atom stereocenters. The van der Waals surface area contributed by atoms with Gasteiger partial charge in [-0.25, -0.2) is 0 Å².